The highest BCUT2D eigenvalue weighted by Crippen LogP contribution is 2.39. The lowest BCUT2D eigenvalue weighted by Gasteiger charge is -2.14. The number of benzene rings is 1. The van der Waals surface area contributed by atoms with Crippen LogP contribution < -0.4 is 4.74 Å². The second kappa shape index (κ2) is 5.41. The van der Waals surface area contributed by atoms with Crippen LogP contribution in [-0.2, 0) is 0 Å². The fourth-order valence-corrected chi connectivity index (χ4v) is 2.29. The average molecular weight is 289 g/mol. The third-order valence-corrected chi connectivity index (χ3v) is 3.48. The van der Waals surface area contributed by atoms with Gasteiger partial charge >= 0.3 is 0 Å². The Morgan fingerprint density at radius 1 is 1.20 bits per heavy atom. The van der Waals surface area contributed by atoms with Crippen molar-refractivity contribution >= 4 is 11.6 Å². The molecule has 1 aromatic heterocycles. The van der Waals surface area contributed by atoms with Crippen LogP contribution in [0.15, 0.2) is 30.6 Å². The Morgan fingerprint density at radius 3 is 2.60 bits per heavy atom. The van der Waals surface area contributed by atoms with Crippen LogP contribution in [0.25, 0.3) is 11.3 Å². The number of rotatable bonds is 4. The van der Waals surface area contributed by atoms with E-state index in [-0.39, 0.29) is 6.10 Å². The third-order valence-electron chi connectivity index (χ3n) is 3.25. The van der Waals surface area contributed by atoms with Crippen molar-refractivity contribution in [3.63, 3.8) is 0 Å². The first-order chi connectivity index (χ1) is 9.63. The van der Waals surface area contributed by atoms with Crippen molar-refractivity contribution in [2.75, 3.05) is 0 Å². The van der Waals surface area contributed by atoms with Crippen LogP contribution in [-0.4, -0.2) is 16.1 Å². The van der Waals surface area contributed by atoms with E-state index in [9.17, 15) is 0 Å². The van der Waals surface area contributed by atoms with E-state index in [0.29, 0.717) is 10.9 Å². The molecule has 0 spiro atoms. The van der Waals surface area contributed by atoms with Gasteiger partial charge in [0.05, 0.1) is 23.7 Å². The number of nitrogens with zero attached hydrogens (tertiary/aromatic N) is 2. The van der Waals surface area contributed by atoms with Crippen molar-refractivity contribution in [2.45, 2.75) is 38.7 Å². The molecule has 3 nitrogen and oxygen atoms in total. The third kappa shape index (κ3) is 2.93. The Hall–Kier alpha value is -1.61. The fraction of sp³-hybridized carbons (Fsp3) is 0.375. The van der Waals surface area contributed by atoms with Gasteiger partial charge in [0.2, 0.25) is 0 Å². The van der Waals surface area contributed by atoms with Gasteiger partial charge in [0, 0.05) is 22.7 Å². The molecule has 1 aromatic carbocycles. The summed E-state index contributed by atoms with van der Waals surface area (Å²) in [5.74, 6) is 1.37. The topological polar surface area (TPSA) is 35.0 Å². The van der Waals surface area contributed by atoms with Crippen LogP contribution in [0, 0.1) is 0 Å². The van der Waals surface area contributed by atoms with Crippen LogP contribution in [0.1, 0.15) is 38.3 Å². The van der Waals surface area contributed by atoms with Crippen LogP contribution in [0.4, 0.5) is 0 Å². The highest BCUT2D eigenvalue weighted by atomic mass is 35.5. The molecular weight excluding hydrogens is 272 g/mol. The van der Waals surface area contributed by atoms with Crippen molar-refractivity contribution < 1.29 is 4.74 Å². The molecule has 0 N–H and O–H groups in total. The molecule has 0 bridgehead atoms. The molecule has 4 heteroatoms. The molecule has 20 heavy (non-hydrogen) atoms. The SMILES string of the molecule is CC(C)Oc1cc(Cl)ccc1-c1cnc(C2CC2)cn1. The minimum atomic E-state index is 0.0888. The lowest BCUT2D eigenvalue weighted by Crippen LogP contribution is -2.06. The number of halogens is 1. The number of ether oxygens (including phenoxy) is 1. The molecule has 0 saturated heterocycles. The predicted molar refractivity (Wildman–Crippen MR) is 80.2 cm³/mol. The first-order valence-electron chi connectivity index (χ1n) is 6.92. The van der Waals surface area contributed by atoms with Crippen LogP contribution in [0.3, 0.4) is 0 Å². The van der Waals surface area contributed by atoms with Gasteiger partial charge in [0.1, 0.15) is 5.75 Å². The van der Waals surface area contributed by atoms with Gasteiger partial charge in [-0.2, -0.15) is 0 Å². The molecule has 0 unspecified atom stereocenters. The molecule has 104 valence electrons. The monoisotopic (exact) mass is 288 g/mol. The normalized spacial score (nSPS) is 14.6. The van der Waals surface area contributed by atoms with E-state index in [2.05, 4.69) is 9.97 Å². The Bertz CT molecular complexity index is 606. The summed E-state index contributed by atoms with van der Waals surface area (Å²) in [6.07, 6.45) is 6.25. The summed E-state index contributed by atoms with van der Waals surface area (Å²) in [7, 11) is 0. The fourth-order valence-electron chi connectivity index (χ4n) is 2.13. The van der Waals surface area contributed by atoms with Gasteiger partial charge < -0.3 is 4.74 Å². The van der Waals surface area contributed by atoms with Gasteiger partial charge in [-0.05, 0) is 44.9 Å². The summed E-state index contributed by atoms with van der Waals surface area (Å²) in [6, 6.07) is 5.61. The van der Waals surface area contributed by atoms with E-state index in [1.165, 1.54) is 12.8 Å². The average Bonchev–Trinajstić information content (AvgIpc) is 3.23. The Balaban J connectivity index is 1.95. The summed E-state index contributed by atoms with van der Waals surface area (Å²) < 4.78 is 5.82. The molecule has 1 saturated carbocycles. The lowest BCUT2D eigenvalue weighted by molar-refractivity contribution is 0.243. The maximum absolute atomic E-state index is 6.05. The second-order valence-electron chi connectivity index (χ2n) is 5.41. The van der Waals surface area contributed by atoms with Gasteiger partial charge in [-0.1, -0.05) is 11.6 Å². The lowest BCUT2D eigenvalue weighted by atomic mass is 10.1. The largest absolute Gasteiger partial charge is 0.490 e. The minimum Gasteiger partial charge on any atom is -0.490 e. The molecule has 2 aromatic rings. The van der Waals surface area contributed by atoms with E-state index in [4.69, 9.17) is 16.3 Å². The van der Waals surface area contributed by atoms with Gasteiger partial charge in [0.25, 0.3) is 0 Å². The molecular formula is C16H17ClN2O. The Morgan fingerprint density at radius 2 is 2.00 bits per heavy atom. The predicted octanol–water partition coefficient (Wildman–Crippen LogP) is 4.46. The molecule has 1 heterocycles. The van der Waals surface area contributed by atoms with Gasteiger partial charge in [-0.3, -0.25) is 9.97 Å². The quantitative estimate of drug-likeness (QED) is 0.833. The molecule has 0 radical (unpaired) electrons. The molecule has 0 amide bonds. The van der Waals surface area contributed by atoms with Gasteiger partial charge in [-0.15, -0.1) is 0 Å². The van der Waals surface area contributed by atoms with Crippen molar-refractivity contribution in [3.05, 3.63) is 41.3 Å². The smallest absolute Gasteiger partial charge is 0.130 e. The maximum Gasteiger partial charge on any atom is 0.130 e. The van der Waals surface area contributed by atoms with Gasteiger partial charge in [0.15, 0.2) is 0 Å². The molecule has 3 rings (SSSR count). The zero-order chi connectivity index (χ0) is 14.1. The van der Waals surface area contributed by atoms with Crippen LogP contribution in [0.5, 0.6) is 5.75 Å². The van der Waals surface area contributed by atoms with Crippen molar-refractivity contribution in [2.24, 2.45) is 0 Å². The second-order valence-corrected chi connectivity index (χ2v) is 5.84. The van der Waals surface area contributed by atoms with Crippen LogP contribution >= 0.6 is 11.6 Å². The number of hydrogen-bond acceptors (Lipinski definition) is 3. The first kappa shape index (κ1) is 13.4. The van der Waals surface area contributed by atoms with E-state index < -0.39 is 0 Å². The van der Waals surface area contributed by atoms with Crippen LogP contribution in [0.2, 0.25) is 5.02 Å². The van der Waals surface area contributed by atoms with E-state index >= 15 is 0 Å². The Labute approximate surface area is 124 Å². The van der Waals surface area contributed by atoms with Crippen molar-refractivity contribution in [1.82, 2.24) is 9.97 Å². The zero-order valence-electron chi connectivity index (χ0n) is 11.6. The summed E-state index contributed by atoms with van der Waals surface area (Å²) in [4.78, 5) is 9.03. The summed E-state index contributed by atoms with van der Waals surface area (Å²) in [5.41, 5.74) is 2.84. The minimum absolute atomic E-state index is 0.0888. The highest BCUT2D eigenvalue weighted by Gasteiger charge is 2.25. The van der Waals surface area contributed by atoms with E-state index in [1.54, 1.807) is 0 Å². The Kier molecular flexibility index (Phi) is 3.62. The molecule has 0 aliphatic heterocycles. The van der Waals surface area contributed by atoms with E-state index in [0.717, 1.165) is 22.7 Å². The highest BCUT2D eigenvalue weighted by molar-refractivity contribution is 6.30. The maximum atomic E-state index is 6.05. The molecule has 1 aliphatic carbocycles. The molecule has 1 aliphatic rings. The van der Waals surface area contributed by atoms with E-state index in [1.807, 2.05) is 44.4 Å². The van der Waals surface area contributed by atoms with Crippen molar-refractivity contribution in [3.8, 4) is 17.0 Å². The first-order valence-corrected chi connectivity index (χ1v) is 7.30. The van der Waals surface area contributed by atoms with Gasteiger partial charge in [-0.25, -0.2) is 0 Å². The summed E-state index contributed by atoms with van der Waals surface area (Å²) >= 11 is 6.05. The summed E-state index contributed by atoms with van der Waals surface area (Å²) in [5, 5.41) is 0.659. The molecule has 0 atom stereocenters. The summed E-state index contributed by atoms with van der Waals surface area (Å²) in [6.45, 7) is 3.99. The van der Waals surface area contributed by atoms with Crippen molar-refractivity contribution in [1.29, 1.82) is 0 Å². The number of aromatic nitrogens is 2. The number of hydrogen-bond donors (Lipinski definition) is 0. The standard InChI is InChI=1S/C16H17ClN2O/c1-10(2)20-16-7-12(17)5-6-13(16)15-9-18-14(8-19-15)11-3-4-11/h5-11H,3-4H2,1-2H3. The zero-order valence-corrected chi connectivity index (χ0v) is 12.4. The molecule has 1 fully saturated rings.